The molecule has 1 aromatic carbocycles. The van der Waals surface area contributed by atoms with Crippen LogP contribution in [0.5, 0.6) is 0 Å². The van der Waals surface area contributed by atoms with Crippen molar-refractivity contribution in [1.29, 1.82) is 0 Å². The molecule has 0 aliphatic heterocycles. The van der Waals surface area contributed by atoms with Gasteiger partial charge in [-0.1, -0.05) is 24.3 Å². The Bertz CT molecular complexity index is 860. The Balaban J connectivity index is 1.52. The number of nitrogens with zero attached hydrogens (tertiary/aromatic N) is 2. The number of aliphatic hydroxyl groups is 1. The van der Waals surface area contributed by atoms with Gasteiger partial charge in [0.15, 0.2) is 10.4 Å². The Morgan fingerprint density at radius 3 is 2.83 bits per heavy atom. The third kappa shape index (κ3) is 2.68. The lowest BCUT2D eigenvalue weighted by molar-refractivity contribution is 0.155. The molecule has 3 aromatic rings. The molecule has 0 unspecified atom stereocenters. The molecule has 4 rings (SSSR count). The molecule has 1 atom stereocenters. The number of aromatic nitrogens is 2. The molecule has 0 radical (unpaired) electrons. The van der Waals surface area contributed by atoms with Crippen LogP contribution in [0, 0.1) is 0 Å². The zero-order valence-corrected chi connectivity index (χ0v) is 14.4. The third-order valence-corrected chi connectivity index (χ3v) is 4.88. The second-order valence-electron chi connectivity index (χ2n) is 5.86. The van der Waals surface area contributed by atoms with Gasteiger partial charge >= 0.3 is 0 Å². The van der Waals surface area contributed by atoms with Crippen LogP contribution in [0.25, 0.3) is 11.7 Å². The molecule has 0 saturated heterocycles. The van der Waals surface area contributed by atoms with Crippen molar-refractivity contribution in [2.45, 2.75) is 24.9 Å². The molecule has 1 aliphatic carbocycles. The largest absolute Gasteiger partial charge is 0.444 e. The standard InChI is InChI=1S/C17H16BrN3O3/c18-14-6-5-13(23-14)16-21-20-15(24-16)9-19-17(10-22)8-7-11-3-1-2-4-12(11)17/h1-6,19,22H,7-10H2/t17-/m0/s1. The number of aryl methyl sites for hydroxylation is 1. The topological polar surface area (TPSA) is 84.3 Å². The fourth-order valence-corrected chi connectivity index (χ4v) is 3.50. The molecule has 0 saturated carbocycles. The lowest BCUT2D eigenvalue weighted by Crippen LogP contribution is -2.43. The third-order valence-electron chi connectivity index (χ3n) is 4.45. The summed E-state index contributed by atoms with van der Waals surface area (Å²) in [5.74, 6) is 1.31. The molecule has 7 heteroatoms. The second kappa shape index (κ2) is 6.16. The minimum absolute atomic E-state index is 0.0239. The summed E-state index contributed by atoms with van der Waals surface area (Å²) in [4.78, 5) is 0. The number of halogens is 1. The summed E-state index contributed by atoms with van der Waals surface area (Å²) in [6, 6.07) is 11.7. The minimum atomic E-state index is -0.459. The molecular weight excluding hydrogens is 374 g/mol. The van der Waals surface area contributed by atoms with Crippen molar-refractivity contribution in [2.75, 3.05) is 6.61 Å². The molecule has 2 N–H and O–H groups in total. The van der Waals surface area contributed by atoms with E-state index in [2.05, 4.69) is 43.6 Å². The van der Waals surface area contributed by atoms with Gasteiger partial charge in [0.05, 0.1) is 18.7 Å². The molecule has 0 spiro atoms. The summed E-state index contributed by atoms with van der Waals surface area (Å²) in [7, 11) is 0. The summed E-state index contributed by atoms with van der Waals surface area (Å²) in [5, 5.41) is 21.4. The molecule has 0 bridgehead atoms. The van der Waals surface area contributed by atoms with Gasteiger partial charge in [0, 0.05) is 0 Å². The van der Waals surface area contributed by atoms with Crippen LogP contribution in [-0.4, -0.2) is 21.9 Å². The highest BCUT2D eigenvalue weighted by Crippen LogP contribution is 2.36. The summed E-state index contributed by atoms with van der Waals surface area (Å²) in [5.41, 5.74) is 1.95. The van der Waals surface area contributed by atoms with E-state index >= 15 is 0 Å². The Morgan fingerprint density at radius 1 is 1.17 bits per heavy atom. The van der Waals surface area contributed by atoms with Crippen molar-refractivity contribution in [1.82, 2.24) is 15.5 Å². The maximum Gasteiger partial charge on any atom is 0.283 e. The van der Waals surface area contributed by atoms with E-state index in [9.17, 15) is 5.11 Å². The number of furan rings is 1. The maximum absolute atomic E-state index is 9.98. The van der Waals surface area contributed by atoms with E-state index in [0.717, 1.165) is 18.4 Å². The summed E-state index contributed by atoms with van der Waals surface area (Å²) in [6.45, 7) is 0.403. The number of fused-ring (bicyclic) bond motifs is 1. The lowest BCUT2D eigenvalue weighted by atomic mass is 9.92. The summed E-state index contributed by atoms with van der Waals surface area (Å²) >= 11 is 3.25. The molecule has 1 aliphatic rings. The monoisotopic (exact) mass is 389 g/mol. The van der Waals surface area contributed by atoms with E-state index < -0.39 is 5.54 Å². The van der Waals surface area contributed by atoms with Crippen molar-refractivity contribution >= 4 is 15.9 Å². The van der Waals surface area contributed by atoms with Crippen LogP contribution >= 0.6 is 15.9 Å². The van der Waals surface area contributed by atoms with E-state index in [1.165, 1.54) is 5.56 Å². The van der Waals surface area contributed by atoms with Gasteiger partial charge in [-0.2, -0.15) is 0 Å². The van der Waals surface area contributed by atoms with Crippen LogP contribution < -0.4 is 5.32 Å². The fraction of sp³-hybridized carbons (Fsp3) is 0.294. The Labute approximate surface area is 147 Å². The minimum Gasteiger partial charge on any atom is -0.444 e. The number of benzene rings is 1. The Kier molecular flexibility index (Phi) is 3.99. The number of rotatable bonds is 5. The highest BCUT2D eigenvalue weighted by Gasteiger charge is 2.37. The van der Waals surface area contributed by atoms with E-state index in [1.54, 1.807) is 12.1 Å². The molecule has 124 valence electrons. The predicted molar refractivity (Wildman–Crippen MR) is 90.1 cm³/mol. The quantitative estimate of drug-likeness (QED) is 0.697. The Morgan fingerprint density at radius 2 is 2.04 bits per heavy atom. The van der Waals surface area contributed by atoms with Gasteiger partial charge in [-0.15, -0.1) is 10.2 Å². The van der Waals surface area contributed by atoms with Gasteiger partial charge in [-0.25, -0.2) is 0 Å². The summed E-state index contributed by atoms with van der Waals surface area (Å²) in [6.07, 6.45) is 1.79. The molecule has 0 amide bonds. The van der Waals surface area contributed by atoms with Crippen molar-refractivity contribution < 1.29 is 13.9 Å². The number of aliphatic hydroxyl groups excluding tert-OH is 1. The number of hydrogen-bond donors (Lipinski definition) is 2. The van der Waals surface area contributed by atoms with Gasteiger partial charge < -0.3 is 13.9 Å². The second-order valence-corrected chi connectivity index (χ2v) is 6.64. The average Bonchev–Trinajstić information content (AvgIpc) is 3.32. The lowest BCUT2D eigenvalue weighted by Gasteiger charge is -2.29. The predicted octanol–water partition coefficient (Wildman–Crippen LogP) is 3.02. The van der Waals surface area contributed by atoms with E-state index in [-0.39, 0.29) is 6.61 Å². The molecule has 24 heavy (non-hydrogen) atoms. The van der Waals surface area contributed by atoms with E-state index in [0.29, 0.717) is 28.8 Å². The van der Waals surface area contributed by atoms with Crippen molar-refractivity contribution in [3.05, 3.63) is 58.1 Å². The van der Waals surface area contributed by atoms with Crippen LogP contribution in [0.4, 0.5) is 0 Å². The molecular formula is C17H16BrN3O3. The first kappa shape index (κ1) is 15.6. The van der Waals surface area contributed by atoms with Gasteiger partial charge in [-0.05, 0) is 52.0 Å². The van der Waals surface area contributed by atoms with Gasteiger partial charge in [-0.3, -0.25) is 5.32 Å². The molecule has 2 aromatic heterocycles. The highest BCUT2D eigenvalue weighted by molar-refractivity contribution is 9.10. The van der Waals surface area contributed by atoms with Gasteiger partial charge in [0.2, 0.25) is 5.89 Å². The fourth-order valence-electron chi connectivity index (χ4n) is 3.19. The van der Waals surface area contributed by atoms with Crippen LogP contribution in [0.3, 0.4) is 0 Å². The first-order chi connectivity index (χ1) is 11.7. The SMILES string of the molecule is OC[C@@]1(NCc2nnc(-c3ccc(Br)o3)o2)CCc2ccccc21. The smallest absolute Gasteiger partial charge is 0.283 e. The zero-order valence-electron chi connectivity index (χ0n) is 12.8. The first-order valence-corrected chi connectivity index (χ1v) is 8.52. The zero-order chi connectivity index (χ0) is 16.6. The van der Waals surface area contributed by atoms with E-state index in [1.807, 2.05) is 12.1 Å². The molecule has 6 nitrogen and oxygen atoms in total. The first-order valence-electron chi connectivity index (χ1n) is 7.72. The molecule has 2 heterocycles. The van der Waals surface area contributed by atoms with Crippen LogP contribution in [0.2, 0.25) is 0 Å². The van der Waals surface area contributed by atoms with Crippen LogP contribution in [0.1, 0.15) is 23.4 Å². The van der Waals surface area contributed by atoms with Crippen molar-refractivity contribution in [3.8, 4) is 11.7 Å². The van der Waals surface area contributed by atoms with Gasteiger partial charge in [0.1, 0.15) is 0 Å². The summed E-state index contributed by atoms with van der Waals surface area (Å²) < 4.78 is 11.7. The Hall–Kier alpha value is -1.96. The maximum atomic E-state index is 9.98. The van der Waals surface area contributed by atoms with Crippen LogP contribution in [-0.2, 0) is 18.5 Å². The van der Waals surface area contributed by atoms with Gasteiger partial charge in [0.25, 0.3) is 5.89 Å². The highest BCUT2D eigenvalue weighted by atomic mass is 79.9. The van der Waals surface area contributed by atoms with Crippen molar-refractivity contribution in [3.63, 3.8) is 0 Å². The van der Waals surface area contributed by atoms with E-state index in [4.69, 9.17) is 8.83 Å². The normalized spacial score (nSPS) is 19.6. The number of hydrogen-bond acceptors (Lipinski definition) is 6. The molecule has 0 fully saturated rings. The average molecular weight is 390 g/mol. The van der Waals surface area contributed by atoms with Crippen LogP contribution in [0.15, 0.2) is 49.9 Å². The van der Waals surface area contributed by atoms with Crippen molar-refractivity contribution in [2.24, 2.45) is 0 Å². The number of nitrogens with one attached hydrogen (secondary N) is 1.